The van der Waals surface area contributed by atoms with Gasteiger partial charge in [0.15, 0.2) is 0 Å². The fourth-order valence-corrected chi connectivity index (χ4v) is 4.67. The summed E-state index contributed by atoms with van der Waals surface area (Å²) in [5.41, 5.74) is 0.0798. The standard InChI is InChI=1S/C24H21F2N5OS.ClH.HI/c1-3-22-28-14-31(30-22)13-24(32,19-10-18(25)8-9-20(19)26)15(2)23-29-21(12-33-23)17-6-4-16(11-27)5-7-17;;/h4-10,12,14-15,32H,3,13H2,1-2H3;2*1H/t15-,24+;;/m0../s1. The van der Waals surface area contributed by atoms with Crippen LogP contribution in [0.5, 0.6) is 0 Å². The van der Waals surface area contributed by atoms with Crippen molar-refractivity contribution in [2.45, 2.75) is 38.3 Å². The maximum atomic E-state index is 14.9. The zero-order chi connectivity index (χ0) is 23.6. The summed E-state index contributed by atoms with van der Waals surface area (Å²) in [7, 11) is 0. The molecule has 35 heavy (non-hydrogen) atoms. The second kappa shape index (κ2) is 12.0. The number of halogens is 4. The molecule has 11 heteroatoms. The third kappa shape index (κ3) is 6.03. The van der Waals surface area contributed by atoms with Crippen molar-refractivity contribution < 1.29 is 42.5 Å². The van der Waals surface area contributed by atoms with Gasteiger partial charge in [0.25, 0.3) is 5.82 Å². The third-order valence-electron chi connectivity index (χ3n) is 5.69. The molecule has 0 aliphatic carbocycles. The van der Waals surface area contributed by atoms with Crippen LogP contribution in [-0.2, 0) is 18.6 Å². The van der Waals surface area contributed by atoms with Crippen molar-refractivity contribution >= 4 is 23.7 Å². The van der Waals surface area contributed by atoms with E-state index in [2.05, 4.69) is 21.1 Å². The molecule has 0 saturated carbocycles. The van der Waals surface area contributed by atoms with Gasteiger partial charge >= 0.3 is 6.33 Å². The average molecular weight is 630 g/mol. The van der Waals surface area contributed by atoms with Gasteiger partial charge in [0, 0.05) is 28.8 Å². The van der Waals surface area contributed by atoms with Crippen LogP contribution in [0.15, 0.2) is 54.2 Å². The van der Waals surface area contributed by atoms with Crippen molar-refractivity contribution in [3.05, 3.63) is 87.8 Å². The second-order valence-electron chi connectivity index (χ2n) is 7.81. The molecule has 0 spiro atoms. The van der Waals surface area contributed by atoms with E-state index in [4.69, 9.17) is 5.26 Å². The minimum Gasteiger partial charge on any atom is -1.00 e. The lowest BCUT2D eigenvalue weighted by atomic mass is 9.82. The summed E-state index contributed by atoms with van der Waals surface area (Å²) in [4.78, 5) is 8.90. The summed E-state index contributed by atoms with van der Waals surface area (Å²) in [5.74, 6) is -1.31. The van der Waals surface area contributed by atoms with E-state index in [-0.39, 0.29) is 48.5 Å². The Kier molecular flexibility index (Phi) is 9.85. The van der Waals surface area contributed by atoms with Crippen molar-refractivity contribution in [3.8, 4) is 17.3 Å². The molecule has 184 valence electrons. The Balaban J connectivity index is 0.00000216. The highest BCUT2D eigenvalue weighted by molar-refractivity contribution is 7.10. The molecular weight excluding hydrogens is 607 g/mol. The quantitative estimate of drug-likeness (QED) is 0.241. The van der Waals surface area contributed by atoms with Gasteiger partial charge in [0.1, 0.15) is 23.8 Å². The molecule has 2 aromatic heterocycles. The summed E-state index contributed by atoms with van der Waals surface area (Å²) in [6.45, 7) is 3.60. The number of H-pyrrole nitrogens is 1. The van der Waals surface area contributed by atoms with E-state index in [1.165, 1.54) is 17.7 Å². The van der Waals surface area contributed by atoms with Gasteiger partial charge in [-0.2, -0.15) is 15.0 Å². The Morgan fingerprint density at radius 2 is 1.94 bits per heavy atom. The molecule has 0 aliphatic rings. The van der Waals surface area contributed by atoms with Crippen LogP contribution in [0, 0.1) is 23.0 Å². The molecule has 2 heterocycles. The number of nitrogens with one attached hydrogen (secondary N) is 1. The van der Waals surface area contributed by atoms with Gasteiger partial charge in [0.2, 0.25) is 0 Å². The van der Waals surface area contributed by atoms with Gasteiger partial charge in [-0.1, -0.05) is 26.0 Å². The first-order valence-electron chi connectivity index (χ1n) is 10.4. The van der Waals surface area contributed by atoms with Crippen LogP contribution in [0.25, 0.3) is 11.3 Å². The van der Waals surface area contributed by atoms with Crippen LogP contribution >= 0.6 is 23.7 Å². The minimum atomic E-state index is -1.81. The first kappa shape index (κ1) is 28.8. The molecule has 0 amide bonds. The van der Waals surface area contributed by atoms with Crippen molar-refractivity contribution in [1.82, 2.24) is 15.1 Å². The first-order chi connectivity index (χ1) is 15.8. The lowest BCUT2D eigenvalue weighted by Crippen LogP contribution is -3.00. The van der Waals surface area contributed by atoms with E-state index in [0.717, 1.165) is 23.8 Å². The molecule has 0 fully saturated rings. The van der Waals surface area contributed by atoms with Crippen LogP contribution in [-0.4, -0.2) is 20.2 Å². The Morgan fingerprint density at radius 1 is 1.23 bits per heavy atom. The first-order valence-corrected chi connectivity index (χ1v) is 11.3. The molecule has 0 radical (unpaired) electrons. The molecule has 0 saturated heterocycles. The molecular formula is C24H23ClF2IN5OS. The normalized spacial score (nSPS) is 13.1. The topological polar surface area (TPSA) is 89.5 Å². The molecule has 0 aliphatic heterocycles. The Bertz CT molecular complexity index is 1320. The number of benzene rings is 2. The summed E-state index contributed by atoms with van der Waals surface area (Å²) in [6.07, 6.45) is 2.19. The molecule has 2 N–H and O–H groups in total. The SMILES string of the molecule is CCc1nc[n+](C[C@](O)(c2cc(F)ccc2F)[C@@H](C)c2nc(-c3ccc(C#N)cc3)cs2)[nH]1.Cl.[I-]. The fraction of sp³-hybridized carbons (Fsp3) is 0.250. The van der Waals surface area contributed by atoms with E-state index in [0.29, 0.717) is 28.5 Å². The highest BCUT2D eigenvalue weighted by Gasteiger charge is 2.43. The number of hydrogen-bond donors (Lipinski definition) is 2. The predicted molar refractivity (Wildman–Crippen MR) is 126 cm³/mol. The molecule has 0 bridgehead atoms. The van der Waals surface area contributed by atoms with Gasteiger partial charge < -0.3 is 29.1 Å². The van der Waals surface area contributed by atoms with E-state index in [9.17, 15) is 13.9 Å². The smallest absolute Gasteiger partial charge is 0.307 e. The van der Waals surface area contributed by atoms with E-state index < -0.39 is 23.2 Å². The number of rotatable bonds is 7. The zero-order valence-electron chi connectivity index (χ0n) is 18.9. The molecule has 4 rings (SSSR count). The molecule has 2 aromatic carbocycles. The highest BCUT2D eigenvalue weighted by atomic mass is 127. The Hall–Kier alpha value is -2.46. The number of aromatic amines is 1. The van der Waals surface area contributed by atoms with E-state index >= 15 is 0 Å². The second-order valence-corrected chi connectivity index (χ2v) is 8.70. The minimum absolute atomic E-state index is 0. The number of aromatic nitrogens is 4. The molecule has 6 nitrogen and oxygen atoms in total. The van der Waals surface area contributed by atoms with E-state index in [1.807, 2.05) is 12.3 Å². The maximum Gasteiger partial charge on any atom is 0.307 e. The number of nitriles is 1. The zero-order valence-corrected chi connectivity index (χ0v) is 22.7. The van der Waals surface area contributed by atoms with Crippen LogP contribution in [0.3, 0.4) is 0 Å². The largest absolute Gasteiger partial charge is 1.00 e. The van der Waals surface area contributed by atoms with Gasteiger partial charge in [0.05, 0.1) is 22.3 Å². The van der Waals surface area contributed by atoms with Crippen molar-refractivity contribution in [2.75, 3.05) is 0 Å². The van der Waals surface area contributed by atoms with Crippen molar-refractivity contribution in [3.63, 3.8) is 0 Å². The van der Waals surface area contributed by atoms with E-state index in [1.54, 1.807) is 35.9 Å². The van der Waals surface area contributed by atoms with Crippen LogP contribution in [0.1, 0.15) is 41.7 Å². The predicted octanol–water partition coefficient (Wildman–Crippen LogP) is 1.65. The summed E-state index contributed by atoms with van der Waals surface area (Å²) < 4.78 is 30.5. The average Bonchev–Trinajstić information content (AvgIpc) is 3.50. The number of nitrogens with zero attached hydrogens (tertiary/aromatic N) is 4. The highest BCUT2D eigenvalue weighted by Crippen LogP contribution is 2.40. The maximum absolute atomic E-state index is 14.9. The fourth-order valence-electron chi connectivity index (χ4n) is 3.70. The third-order valence-corrected chi connectivity index (χ3v) is 6.71. The van der Waals surface area contributed by atoms with Gasteiger partial charge in [-0.15, -0.1) is 23.7 Å². The van der Waals surface area contributed by atoms with Crippen LogP contribution < -0.4 is 28.7 Å². The lowest BCUT2D eigenvalue weighted by Gasteiger charge is -2.32. The molecule has 0 unspecified atom stereocenters. The van der Waals surface area contributed by atoms with Gasteiger partial charge in [-0.3, -0.25) is 0 Å². The summed E-state index contributed by atoms with van der Waals surface area (Å²) in [5, 5.41) is 26.3. The van der Waals surface area contributed by atoms with Gasteiger partial charge in [-0.25, -0.2) is 13.8 Å². The number of aryl methyl sites for hydroxylation is 1. The van der Waals surface area contributed by atoms with Crippen molar-refractivity contribution in [1.29, 1.82) is 5.26 Å². The summed E-state index contributed by atoms with van der Waals surface area (Å²) >= 11 is 1.33. The summed E-state index contributed by atoms with van der Waals surface area (Å²) in [6, 6.07) is 12.2. The van der Waals surface area contributed by atoms with Crippen LogP contribution in [0.2, 0.25) is 0 Å². The Labute approximate surface area is 229 Å². The van der Waals surface area contributed by atoms with Gasteiger partial charge in [-0.05, 0) is 35.3 Å². The number of aliphatic hydroxyl groups is 1. The van der Waals surface area contributed by atoms with Crippen molar-refractivity contribution in [2.24, 2.45) is 0 Å². The lowest BCUT2D eigenvalue weighted by molar-refractivity contribution is -0.765. The molecule has 4 aromatic rings. The number of thiazole rings is 1. The molecule has 2 atom stereocenters. The Morgan fingerprint density at radius 3 is 2.57 bits per heavy atom. The number of hydrogen-bond acceptors (Lipinski definition) is 5. The van der Waals surface area contributed by atoms with Crippen LogP contribution in [0.4, 0.5) is 8.78 Å². The monoisotopic (exact) mass is 629 g/mol.